The molecule has 0 bridgehead atoms. The minimum absolute atomic E-state index is 0.150. The Morgan fingerprint density at radius 3 is 2.43 bits per heavy atom. The van der Waals surface area contributed by atoms with Gasteiger partial charge in [-0.1, -0.05) is 6.92 Å². The van der Waals surface area contributed by atoms with Crippen LogP contribution in [0.2, 0.25) is 0 Å². The van der Waals surface area contributed by atoms with E-state index in [1.165, 1.54) is 0 Å². The average Bonchev–Trinajstić information content (AvgIpc) is 2.85. The lowest BCUT2D eigenvalue weighted by atomic mass is 9.86. The van der Waals surface area contributed by atoms with Gasteiger partial charge in [0.25, 0.3) is 0 Å². The van der Waals surface area contributed by atoms with E-state index >= 15 is 0 Å². The lowest BCUT2D eigenvalue weighted by Crippen LogP contribution is -2.50. The SMILES string of the molecule is CCC(C)(C(N)c1c(OC)cnn1CCN(C)C)N(C)C. The predicted octanol–water partition coefficient (Wildman–Crippen LogP) is 1.18. The number of hydrogen-bond donors (Lipinski definition) is 1. The maximum absolute atomic E-state index is 6.62. The van der Waals surface area contributed by atoms with Crippen molar-refractivity contribution in [3.8, 4) is 5.75 Å². The Bertz CT molecular complexity index is 443. The van der Waals surface area contributed by atoms with Gasteiger partial charge in [-0.3, -0.25) is 4.68 Å². The van der Waals surface area contributed by atoms with Gasteiger partial charge in [-0.25, -0.2) is 0 Å². The Kier molecular flexibility index (Phi) is 6.19. The molecule has 2 N–H and O–H groups in total. The van der Waals surface area contributed by atoms with Crippen LogP contribution in [0.25, 0.3) is 0 Å². The largest absolute Gasteiger partial charge is 0.493 e. The van der Waals surface area contributed by atoms with Gasteiger partial charge in [0.05, 0.1) is 31.6 Å². The Hall–Kier alpha value is -1.11. The van der Waals surface area contributed by atoms with Gasteiger partial charge in [0.2, 0.25) is 0 Å². The van der Waals surface area contributed by atoms with Gasteiger partial charge < -0.3 is 20.3 Å². The molecule has 0 fully saturated rings. The van der Waals surface area contributed by atoms with E-state index in [1.54, 1.807) is 13.3 Å². The summed E-state index contributed by atoms with van der Waals surface area (Å²) in [5.74, 6) is 0.766. The third-order valence-electron chi connectivity index (χ3n) is 4.53. The first kappa shape index (κ1) is 17.9. The fourth-order valence-corrected chi connectivity index (χ4v) is 2.43. The highest BCUT2D eigenvalue weighted by atomic mass is 16.5. The number of aromatic nitrogens is 2. The van der Waals surface area contributed by atoms with Crippen LogP contribution in [0.5, 0.6) is 5.75 Å². The van der Waals surface area contributed by atoms with Crippen LogP contribution >= 0.6 is 0 Å². The summed E-state index contributed by atoms with van der Waals surface area (Å²) in [6, 6.07) is -0.169. The molecule has 0 aliphatic heterocycles. The number of hydrogen-bond acceptors (Lipinski definition) is 5. The van der Waals surface area contributed by atoms with Crippen LogP contribution in [-0.2, 0) is 6.54 Å². The van der Waals surface area contributed by atoms with Gasteiger partial charge in [-0.05, 0) is 41.5 Å². The van der Waals surface area contributed by atoms with E-state index in [0.29, 0.717) is 0 Å². The first-order valence-electron chi connectivity index (χ1n) is 7.45. The van der Waals surface area contributed by atoms with Gasteiger partial charge in [-0.15, -0.1) is 0 Å². The highest BCUT2D eigenvalue weighted by molar-refractivity contribution is 5.30. The van der Waals surface area contributed by atoms with E-state index in [0.717, 1.165) is 31.0 Å². The molecule has 0 aliphatic carbocycles. The molecule has 1 heterocycles. The Balaban J connectivity index is 3.16. The summed E-state index contributed by atoms with van der Waals surface area (Å²) in [7, 11) is 9.90. The van der Waals surface area contributed by atoms with Gasteiger partial charge in [0.15, 0.2) is 5.75 Å². The average molecular weight is 297 g/mol. The highest BCUT2D eigenvalue weighted by Gasteiger charge is 2.37. The van der Waals surface area contributed by atoms with E-state index in [4.69, 9.17) is 10.5 Å². The first-order valence-corrected chi connectivity index (χ1v) is 7.45. The smallest absolute Gasteiger partial charge is 0.161 e. The van der Waals surface area contributed by atoms with Crippen molar-refractivity contribution in [3.05, 3.63) is 11.9 Å². The summed E-state index contributed by atoms with van der Waals surface area (Å²) < 4.78 is 7.45. The Morgan fingerprint density at radius 2 is 2.00 bits per heavy atom. The van der Waals surface area contributed by atoms with Crippen LogP contribution in [0.1, 0.15) is 32.0 Å². The monoisotopic (exact) mass is 297 g/mol. The zero-order valence-corrected chi connectivity index (χ0v) is 14.6. The van der Waals surface area contributed by atoms with Crippen LogP contribution in [-0.4, -0.2) is 67.0 Å². The van der Waals surface area contributed by atoms with Crippen molar-refractivity contribution in [2.45, 2.75) is 38.4 Å². The van der Waals surface area contributed by atoms with Crippen molar-refractivity contribution in [1.29, 1.82) is 0 Å². The van der Waals surface area contributed by atoms with Gasteiger partial charge in [0.1, 0.15) is 0 Å². The molecule has 0 amide bonds. The second kappa shape index (κ2) is 7.24. The van der Waals surface area contributed by atoms with Crippen molar-refractivity contribution in [2.24, 2.45) is 5.73 Å². The van der Waals surface area contributed by atoms with E-state index < -0.39 is 0 Å². The highest BCUT2D eigenvalue weighted by Crippen LogP contribution is 2.35. The Labute approximate surface area is 128 Å². The summed E-state index contributed by atoms with van der Waals surface area (Å²) in [6.45, 7) is 6.05. The zero-order valence-electron chi connectivity index (χ0n) is 14.6. The van der Waals surface area contributed by atoms with E-state index in [9.17, 15) is 0 Å². The van der Waals surface area contributed by atoms with Crippen molar-refractivity contribution in [2.75, 3.05) is 41.8 Å². The molecular formula is C15H31N5O. The molecule has 0 radical (unpaired) electrons. The topological polar surface area (TPSA) is 59.6 Å². The molecule has 0 spiro atoms. The van der Waals surface area contributed by atoms with Crippen molar-refractivity contribution in [3.63, 3.8) is 0 Å². The molecule has 0 saturated heterocycles. The van der Waals surface area contributed by atoms with Crippen molar-refractivity contribution in [1.82, 2.24) is 19.6 Å². The molecule has 122 valence electrons. The van der Waals surface area contributed by atoms with Crippen LogP contribution in [0, 0.1) is 0 Å². The maximum atomic E-state index is 6.62. The molecule has 2 unspecified atom stereocenters. The van der Waals surface area contributed by atoms with E-state index in [1.807, 2.05) is 4.68 Å². The number of nitrogens with zero attached hydrogens (tertiary/aromatic N) is 4. The number of rotatable bonds is 8. The van der Waals surface area contributed by atoms with E-state index in [2.05, 4.69) is 56.9 Å². The van der Waals surface area contributed by atoms with Crippen LogP contribution in [0.3, 0.4) is 0 Å². The quantitative estimate of drug-likeness (QED) is 0.781. The van der Waals surface area contributed by atoms with Gasteiger partial charge in [0, 0.05) is 12.1 Å². The minimum Gasteiger partial charge on any atom is -0.493 e. The lowest BCUT2D eigenvalue weighted by Gasteiger charge is -2.41. The molecular weight excluding hydrogens is 266 g/mol. The van der Waals surface area contributed by atoms with Crippen LogP contribution in [0.4, 0.5) is 0 Å². The molecule has 0 aliphatic rings. The van der Waals surface area contributed by atoms with Crippen molar-refractivity contribution < 1.29 is 4.74 Å². The zero-order chi connectivity index (χ0) is 16.2. The van der Waals surface area contributed by atoms with Gasteiger partial charge in [-0.2, -0.15) is 5.10 Å². The molecule has 6 heteroatoms. The normalized spacial score (nSPS) is 16.3. The van der Waals surface area contributed by atoms with Crippen LogP contribution in [0.15, 0.2) is 6.20 Å². The van der Waals surface area contributed by atoms with E-state index in [-0.39, 0.29) is 11.6 Å². The summed E-state index contributed by atoms with van der Waals surface area (Å²) in [5, 5.41) is 4.45. The number of ether oxygens (including phenoxy) is 1. The fraction of sp³-hybridized carbons (Fsp3) is 0.800. The maximum Gasteiger partial charge on any atom is 0.161 e. The molecule has 2 atom stereocenters. The molecule has 6 nitrogen and oxygen atoms in total. The summed E-state index contributed by atoms with van der Waals surface area (Å²) in [5.41, 5.74) is 7.44. The summed E-state index contributed by atoms with van der Waals surface area (Å²) in [4.78, 5) is 4.31. The molecule has 1 rings (SSSR count). The number of methoxy groups -OCH3 is 1. The molecule has 0 saturated carbocycles. The fourth-order valence-electron chi connectivity index (χ4n) is 2.43. The minimum atomic E-state index is -0.169. The standard InChI is InChI=1S/C15H31N5O/c1-8-15(2,19(5)6)14(16)13-12(21-7)11-17-20(13)10-9-18(3)4/h11,14H,8-10,16H2,1-7H3. The molecule has 1 aromatic heterocycles. The van der Waals surface area contributed by atoms with Gasteiger partial charge >= 0.3 is 0 Å². The first-order chi connectivity index (χ1) is 9.77. The van der Waals surface area contributed by atoms with Crippen LogP contribution < -0.4 is 10.5 Å². The van der Waals surface area contributed by atoms with Crippen molar-refractivity contribution >= 4 is 0 Å². The molecule has 1 aromatic rings. The summed E-state index contributed by atoms with van der Waals surface area (Å²) in [6.07, 6.45) is 2.71. The third kappa shape index (κ3) is 3.75. The number of likely N-dealkylation sites (N-methyl/N-ethyl adjacent to an activating group) is 2. The third-order valence-corrected chi connectivity index (χ3v) is 4.53. The second-order valence-corrected chi connectivity index (χ2v) is 6.21. The Morgan fingerprint density at radius 1 is 1.38 bits per heavy atom. The lowest BCUT2D eigenvalue weighted by molar-refractivity contribution is 0.125. The second-order valence-electron chi connectivity index (χ2n) is 6.21. The summed E-state index contributed by atoms with van der Waals surface area (Å²) >= 11 is 0. The predicted molar refractivity (Wildman–Crippen MR) is 86.6 cm³/mol. The molecule has 21 heavy (non-hydrogen) atoms. The molecule has 0 aromatic carbocycles. The number of nitrogens with two attached hydrogens (primary N) is 1.